The van der Waals surface area contributed by atoms with Crippen molar-refractivity contribution in [1.82, 2.24) is 0 Å². The Morgan fingerprint density at radius 3 is 0.964 bits per heavy atom. The zero-order chi connectivity index (χ0) is 21.4. The Morgan fingerprint density at radius 2 is 0.750 bits per heavy atom. The van der Waals surface area contributed by atoms with Gasteiger partial charge in [-0.15, -0.1) is 0 Å². The van der Waals surface area contributed by atoms with Gasteiger partial charge < -0.3 is 20.4 Å². The van der Waals surface area contributed by atoms with E-state index >= 15 is 0 Å². The van der Waals surface area contributed by atoms with Crippen LogP contribution in [-0.4, -0.2) is 44.3 Å². The lowest BCUT2D eigenvalue weighted by molar-refractivity contribution is -0.148. The Balaban J connectivity index is 0.000000540. The predicted molar refractivity (Wildman–Crippen MR) is 102 cm³/mol. The zero-order valence-corrected chi connectivity index (χ0v) is 16.5. The van der Waals surface area contributed by atoms with Gasteiger partial charge in [0.2, 0.25) is 0 Å². The third-order valence-electron chi connectivity index (χ3n) is 4.96. The summed E-state index contributed by atoms with van der Waals surface area (Å²) >= 11 is 0. The van der Waals surface area contributed by atoms with Crippen molar-refractivity contribution in [1.29, 1.82) is 0 Å². The van der Waals surface area contributed by atoms with Crippen molar-refractivity contribution in [3.8, 4) is 0 Å². The van der Waals surface area contributed by atoms with Gasteiger partial charge in [-0.2, -0.15) is 0 Å². The van der Waals surface area contributed by atoms with Gasteiger partial charge in [0.25, 0.3) is 0 Å². The molecule has 1 fully saturated rings. The number of carboxylic acid groups (broad SMARTS) is 4. The van der Waals surface area contributed by atoms with Gasteiger partial charge in [-0.3, -0.25) is 19.2 Å². The van der Waals surface area contributed by atoms with E-state index in [4.69, 9.17) is 20.4 Å². The van der Waals surface area contributed by atoms with Gasteiger partial charge in [-0.1, -0.05) is 38.5 Å². The largest absolute Gasteiger partial charge is 0.481 e. The lowest BCUT2D eigenvalue weighted by atomic mass is 9.82. The molecule has 0 radical (unpaired) electrons. The summed E-state index contributed by atoms with van der Waals surface area (Å²) in [5, 5.41) is 34.1. The average Bonchev–Trinajstić information content (AvgIpc) is 2.63. The van der Waals surface area contributed by atoms with Crippen LogP contribution in [0.5, 0.6) is 0 Å². The molecule has 0 bridgehead atoms. The van der Waals surface area contributed by atoms with Crippen LogP contribution in [0.15, 0.2) is 0 Å². The molecule has 0 heterocycles. The summed E-state index contributed by atoms with van der Waals surface area (Å²) in [4.78, 5) is 41.4. The highest BCUT2D eigenvalue weighted by atomic mass is 16.4. The van der Waals surface area contributed by atoms with E-state index in [0.29, 0.717) is 25.7 Å². The van der Waals surface area contributed by atoms with Gasteiger partial charge >= 0.3 is 23.9 Å². The zero-order valence-electron chi connectivity index (χ0n) is 16.5. The number of hydrogen-bond donors (Lipinski definition) is 4. The quantitative estimate of drug-likeness (QED) is 0.337. The third kappa shape index (κ3) is 15.0. The van der Waals surface area contributed by atoms with Gasteiger partial charge in [0.05, 0.1) is 11.8 Å². The van der Waals surface area contributed by atoms with E-state index in [1.165, 1.54) is 0 Å². The van der Waals surface area contributed by atoms with Gasteiger partial charge in [-0.25, -0.2) is 0 Å². The number of hydrogen-bond acceptors (Lipinski definition) is 4. The maximum Gasteiger partial charge on any atom is 0.306 e. The van der Waals surface area contributed by atoms with Crippen LogP contribution in [0.1, 0.15) is 89.9 Å². The van der Waals surface area contributed by atoms with E-state index in [2.05, 4.69) is 0 Å². The second kappa shape index (κ2) is 15.9. The van der Waals surface area contributed by atoms with Crippen LogP contribution >= 0.6 is 0 Å². The van der Waals surface area contributed by atoms with Gasteiger partial charge in [0.1, 0.15) is 0 Å². The van der Waals surface area contributed by atoms with Gasteiger partial charge in [-0.05, 0) is 38.5 Å². The van der Waals surface area contributed by atoms with E-state index in [1.807, 2.05) is 0 Å². The first-order valence-electron chi connectivity index (χ1n) is 10.1. The highest BCUT2D eigenvalue weighted by molar-refractivity contribution is 5.72. The average molecular weight is 402 g/mol. The van der Waals surface area contributed by atoms with Crippen molar-refractivity contribution in [3.05, 3.63) is 0 Å². The first-order chi connectivity index (χ1) is 13.2. The number of aliphatic carboxylic acids is 4. The molecule has 0 aromatic heterocycles. The number of carboxylic acids is 4. The minimum absolute atomic E-state index is 0.276. The molecule has 0 aliphatic heterocycles. The molecule has 0 unspecified atom stereocenters. The summed E-state index contributed by atoms with van der Waals surface area (Å²) in [7, 11) is 0. The summed E-state index contributed by atoms with van der Waals surface area (Å²) in [5.41, 5.74) is 0. The topological polar surface area (TPSA) is 149 Å². The van der Waals surface area contributed by atoms with Crippen molar-refractivity contribution >= 4 is 23.9 Å². The van der Waals surface area contributed by atoms with E-state index < -0.39 is 23.9 Å². The normalized spacial score (nSPS) is 18.6. The van der Waals surface area contributed by atoms with Crippen molar-refractivity contribution in [3.63, 3.8) is 0 Å². The van der Waals surface area contributed by atoms with Crippen LogP contribution < -0.4 is 0 Å². The van der Waals surface area contributed by atoms with E-state index in [0.717, 1.165) is 51.4 Å². The molecular formula is C20H34O8. The molecule has 8 heteroatoms. The molecule has 0 atom stereocenters. The standard InChI is InChI=1S/C12H22O4.C8H12O4/c13-11(14)9-7-5-3-1-2-4-6-8-10-12(15)16;9-7(10)5-1-2-6(4-3-5)8(11)12/h1-10H2,(H,13,14)(H,15,16);5-6H,1-4H2,(H,9,10)(H,11,12). The molecule has 0 saturated heterocycles. The monoisotopic (exact) mass is 402 g/mol. The van der Waals surface area contributed by atoms with Gasteiger partial charge in [0.15, 0.2) is 0 Å². The predicted octanol–water partition coefficient (Wildman–Crippen LogP) is 4.02. The maximum atomic E-state index is 10.5. The van der Waals surface area contributed by atoms with Crippen molar-refractivity contribution in [2.75, 3.05) is 0 Å². The fourth-order valence-corrected chi connectivity index (χ4v) is 3.20. The fourth-order valence-electron chi connectivity index (χ4n) is 3.20. The first-order valence-corrected chi connectivity index (χ1v) is 10.1. The highest BCUT2D eigenvalue weighted by Gasteiger charge is 2.29. The van der Waals surface area contributed by atoms with Crippen LogP contribution in [-0.2, 0) is 19.2 Å². The molecule has 0 aromatic rings. The van der Waals surface area contributed by atoms with Crippen LogP contribution in [0.25, 0.3) is 0 Å². The molecule has 28 heavy (non-hydrogen) atoms. The molecule has 0 aromatic carbocycles. The smallest absolute Gasteiger partial charge is 0.306 e. The molecule has 0 amide bonds. The fraction of sp³-hybridized carbons (Fsp3) is 0.800. The Bertz CT molecular complexity index is 437. The second-order valence-electron chi connectivity index (χ2n) is 7.34. The Hall–Kier alpha value is -2.12. The van der Waals surface area contributed by atoms with Crippen molar-refractivity contribution in [2.24, 2.45) is 11.8 Å². The van der Waals surface area contributed by atoms with Crippen LogP contribution in [0.4, 0.5) is 0 Å². The molecule has 1 rings (SSSR count). The van der Waals surface area contributed by atoms with Crippen LogP contribution in [0.2, 0.25) is 0 Å². The summed E-state index contributed by atoms with van der Waals surface area (Å²) in [6.07, 6.45) is 10.5. The lowest BCUT2D eigenvalue weighted by Gasteiger charge is -2.22. The summed E-state index contributed by atoms with van der Waals surface area (Å²) < 4.78 is 0. The van der Waals surface area contributed by atoms with Crippen LogP contribution in [0.3, 0.4) is 0 Å². The molecule has 162 valence electrons. The van der Waals surface area contributed by atoms with E-state index in [1.54, 1.807) is 0 Å². The molecule has 4 N–H and O–H groups in total. The van der Waals surface area contributed by atoms with Crippen molar-refractivity contribution in [2.45, 2.75) is 89.9 Å². The summed E-state index contributed by atoms with van der Waals surface area (Å²) in [6.45, 7) is 0. The maximum absolute atomic E-state index is 10.5. The summed E-state index contributed by atoms with van der Waals surface area (Å²) in [6, 6.07) is 0. The Labute approximate surface area is 165 Å². The molecule has 1 aliphatic rings. The molecule has 1 aliphatic carbocycles. The van der Waals surface area contributed by atoms with E-state index in [-0.39, 0.29) is 24.7 Å². The SMILES string of the molecule is O=C(O)C1CCC(C(=O)O)CC1.O=C(O)CCCCCCCCCCC(=O)O. The van der Waals surface area contributed by atoms with E-state index in [9.17, 15) is 19.2 Å². The van der Waals surface area contributed by atoms with Crippen LogP contribution in [0, 0.1) is 11.8 Å². The third-order valence-corrected chi connectivity index (χ3v) is 4.96. The summed E-state index contributed by atoms with van der Waals surface area (Å²) in [5.74, 6) is -3.65. The molecule has 0 spiro atoms. The first kappa shape index (κ1) is 25.9. The van der Waals surface area contributed by atoms with Crippen molar-refractivity contribution < 1.29 is 39.6 Å². The number of rotatable bonds is 13. The minimum atomic E-state index is -0.793. The van der Waals surface area contributed by atoms with Gasteiger partial charge in [0, 0.05) is 12.8 Å². The minimum Gasteiger partial charge on any atom is -0.481 e. The molecular weight excluding hydrogens is 368 g/mol. The second-order valence-corrected chi connectivity index (χ2v) is 7.34. The number of carbonyl (C=O) groups is 4. The highest BCUT2D eigenvalue weighted by Crippen LogP contribution is 2.28. The number of unbranched alkanes of at least 4 members (excludes halogenated alkanes) is 7. The molecule has 1 saturated carbocycles. The Morgan fingerprint density at radius 1 is 0.500 bits per heavy atom. The lowest BCUT2D eigenvalue weighted by Crippen LogP contribution is -2.25. The Kier molecular flexibility index (Phi) is 14.7. The molecule has 8 nitrogen and oxygen atoms in total.